The minimum atomic E-state index is -0.614. The highest BCUT2D eigenvalue weighted by Crippen LogP contribution is 2.35. The molecular formula is C40H43N5O3. The third-order valence-corrected chi connectivity index (χ3v) is 10.3. The number of likely N-dealkylation sites (tertiary alicyclic amines) is 1. The molecule has 4 heterocycles. The lowest BCUT2D eigenvalue weighted by molar-refractivity contribution is -0.136. The van der Waals surface area contributed by atoms with Gasteiger partial charge < -0.3 is 15.6 Å². The number of benzene rings is 3. The number of aromatic amines is 1. The molecule has 2 unspecified atom stereocenters. The quantitative estimate of drug-likeness (QED) is 0.239. The first-order valence-corrected chi connectivity index (χ1v) is 17.1. The van der Waals surface area contributed by atoms with Crippen LogP contribution in [0.25, 0.3) is 23.4 Å². The fraction of sp³-hybridized carbons (Fsp3) is 0.325. The molecule has 1 aromatic heterocycles. The van der Waals surface area contributed by atoms with Gasteiger partial charge in [-0.15, -0.1) is 0 Å². The average Bonchev–Trinajstić information content (AvgIpc) is 3.81. The van der Waals surface area contributed by atoms with Crippen LogP contribution < -0.4 is 21.6 Å². The van der Waals surface area contributed by atoms with E-state index >= 15 is 0 Å². The van der Waals surface area contributed by atoms with Gasteiger partial charge in [0.15, 0.2) is 0 Å². The average molecular weight is 642 g/mol. The number of piperidine rings is 1. The van der Waals surface area contributed by atoms with E-state index in [-0.39, 0.29) is 24.1 Å². The van der Waals surface area contributed by atoms with Gasteiger partial charge >= 0.3 is 0 Å². The summed E-state index contributed by atoms with van der Waals surface area (Å²) in [7, 11) is 2.19. The van der Waals surface area contributed by atoms with Crippen molar-refractivity contribution in [2.45, 2.75) is 70.0 Å². The summed E-state index contributed by atoms with van der Waals surface area (Å²) in [5.74, 6) is -0.814. The Hall–Kier alpha value is -4.95. The maximum absolute atomic E-state index is 13.2. The summed E-state index contributed by atoms with van der Waals surface area (Å²) >= 11 is 0. The van der Waals surface area contributed by atoms with Gasteiger partial charge in [-0.2, -0.15) is 0 Å². The van der Waals surface area contributed by atoms with Crippen LogP contribution >= 0.6 is 0 Å². The predicted molar refractivity (Wildman–Crippen MR) is 188 cm³/mol. The van der Waals surface area contributed by atoms with Crippen molar-refractivity contribution >= 4 is 30.0 Å². The molecule has 3 aliphatic rings. The molecule has 0 spiro atoms. The van der Waals surface area contributed by atoms with Crippen molar-refractivity contribution < 1.29 is 14.4 Å². The fourth-order valence-electron chi connectivity index (χ4n) is 7.56. The predicted octanol–water partition coefficient (Wildman–Crippen LogP) is 4.10. The highest BCUT2D eigenvalue weighted by atomic mass is 16.2. The van der Waals surface area contributed by atoms with E-state index < -0.39 is 6.04 Å². The van der Waals surface area contributed by atoms with Crippen LogP contribution in [0.3, 0.4) is 0 Å². The highest BCUT2D eigenvalue weighted by molar-refractivity contribution is 6.06. The zero-order valence-electron chi connectivity index (χ0n) is 27.5. The Balaban J connectivity index is 0.941. The molecule has 0 bridgehead atoms. The van der Waals surface area contributed by atoms with Crippen LogP contribution in [0.2, 0.25) is 0 Å². The van der Waals surface area contributed by atoms with E-state index in [1.165, 1.54) is 35.2 Å². The number of nitrogens with two attached hydrogens (primary N) is 1. The number of carbonyl (C=O) groups is 3. The van der Waals surface area contributed by atoms with Crippen LogP contribution in [0.15, 0.2) is 72.8 Å². The molecule has 0 aliphatic carbocycles. The second kappa shape index (κ2) is 13.6. The van der Waals surface area contributed by atoms with E-state index in [0.717, 1.165) is 59.5 Å². The van der Waals surface area contributed by atoms with Crippen LogP contribution in [0.5, 0.6) is 0 Å². The molecule has 8 heteroatoms. The molecular weight excluding hydrogens is 598 g/mol. The van der Waals surface area contributed by atoms with E-state index in [4.69, 9.17) is 5.73 Å². The normalized spacial score (nSPS) is 20.5. The van der Waals surface area contributed by atoms with E-state index in [2.05, 4.69) is 82.9 Å². The van der Waals surface area contributed by atoms with Crippen molar-refractivity contribution in [2.75, 3.05) is 13.6 Å². The van der Waals surface area contributed by atoms with Crippen molar-refractivity contribution in [1.82, 2.24) is 20.1 Å². The number of amides is 3. The van der Waals surface area contributed by atoms with Gasteiger partial charge in [0.2, 0.25) is 11.8 Å². The van der Waals surface area contributed by atoms with E-state index in [9.17, 15) is 14.4 Å². The number of imide groups is 1. The highest BCUT2D eigenvalue weighted by Gasteiger charge is 2.39. The number of H-pyrrole nitrogens is 1. The monoisotopic (exact) mass is 641 g/mol. The molecule has 3 aromatic carbocycles. The lowest BCUT2D eigenvalue weighted by Gasteiger charge is -2.29. The number of fused-ring (bicyclic) bond motifs is 1. The SMILES string of the molecule is CN1CCCC1c1cc(=C/N)/c(=C\Cc2ccc(CCCc3ccc(-c4cccc5c4CN(C4CCC(=O)NC4=O)C5=O)cc3)cc2)[nH]1. The molecule has 246 valence electrons. The van der Waals surface area contributed by atoms with Crippen LogP contribution in [-0.2, 0) is 35.4 Å². The van der Waals surface area contributed by atoms with E-state index in [1.807, 2.05) is 18.2 Å². The number of nitrogens with one attached hydrogen (secondary N) is 2. The molecule has 0 saturated carbocycles. The van der Waals surface area contributed by atoms with Gasteiger partial charge in [-0.25, -0.2) is 0 Å². The Morgan fingerprint density at radius 1 is 0.875 bits per heavy atom. The van der Waals surface area contributed by atoms with Gasteiger partial charge in [0.25, 0.3) is 5.91 Å². The van der Waals surface area contributed by atoms with Crippen LogP contribution in [0, 0.1) is 0 Å². The number of carbonyl (C=O) groups excluding carboxylic acids is 3. The molecule has 2 atom stereocenters. The Labute approximate surface area is 281 Å². The topological polar surface area (TPSA) is 112 Å². The maximum Gasteiger partial charge on any atom is 0.255 e. The molecule has 3 amide bonds. The van der Waals surface area contributed by atoms with E-state index in [0.29, 0.717) is 24.6 Å². The van der Waals surface area contributed by atoms with Crippen LogP contribution in [0.1, 0.15) is 76.5 Å². The number of aromatic nitrogens is 1. The molecule has 4 N–H and O–H groups in total. The molecule has 2 fully saturated rings. The van der Waals surface area contributed by atoms with Crippen molar-refractivity contribution in [3.05, 3.63) is 117 Å². The fourth-order valence-corrected chi connectivity index (χ4v) is 7.56. The summed E-state index contributed by atoms with van der Waals surface area (Å²) in [6.07, 6.45) is 10.9. The first-order chi connectivity index (χ1) is 23.4. The number of aryl methyl sites for hydroxylation is 2. The largest absolute Gasteiger partial charge is 0.404 e. The minimum absolute atomic E-state index is 0.148. The molecule has 7 rings (SSSR count). The third-order valence-electron chi connectivity index (χ3n) is 10.3. The second-order valence-electron chi connectivity index (χ2n) is 13.4. The summed E-state index contributed by atoms with van der Waals surface area (Å²) in [6, 6.07) is 25.3. The summed E-state index contributed by atoms with van der Waals surface area (Å²) in [6.45, 7) is 1.51. The van der Waals surface area contributed by atoms with Gasteiger partial charge in [0.1, 0.15) is 6.04 Å². The minimum Gasteiger partial charge on any atom is -0.404 e. The van der Waals surface area contributed by atoms with Crippen molar-refractivity contribution in [1.29, 1.82) is 0 Å². The molecule has 8 nitrogen and oxygen atoms in total. The second-order valence-corrected chi connectivity index (χ2v) is 13.4. The van der Waals surface area contributed by atoms with Gasteiger partial charge in [-0.3, -0.25) is 24.6 Å². The number of rotatable bonds is 9. The summed E-state index contributed by atoms with van der Waals surface area (Å²) in [5, 5.41) is 4.54. The molecule has 4 aromatic rings. The Morgan fingerprint density at radius 2 is 1.58 bits per heavy atom. The van der Waals surface area contributed by atoms with Gasteiger partial charge in [-0.05, 0) is 104 Å². The zero-order valence-corrected chi connectivity index (χ0v) is 27.5. The summed E-state index contributed by atoms with van der Waals surface area (Å²) in [5.41, 5.74) is 14.7. The Morgan fingerprint density at radius 3 is 2.27 bits per heavy atom. The zero-order chi connectivity index (χ0) is 33.2. The number of hydrogen-bond donors (Lipinski definition) is 3. The summed E-state index contributed by atoms with van der Waals surface area (Å²) in [4.78, 5) is 45.0. The van der Waals surface area contributed by atoms with Crippen LogP contribution in [-0.4, -0.2) is 52.1 Å². The molecule has 3 aliphatic heterocycles. The summed E-state index contributed by atoms with van der Waals surface area (Å²) < 4.78 is 0. The maximum atomic E-state index is 13.2. The van der Waals surface area contributed by atoms with Gasteiger partial charge in [0.05, 0.1) is 0 Å². The van der Waals surface area contributed by atoms with E-state index in [1.54, 1.807) is 11.1 Å². The smallest absolute Gasteiger partial charge is 0.255 e. The van der Waals surface area contributed by atoms with Gasteiger partial charge in [0, 0.05) is 47.0 Å². The van der Waals surface area contributed by atoms with Crippen LogP contribution in [0.4, 0.5) is 0 Å². The molecule has 0 radical (unpaired) electrons. The first-order valence-electron chi connectivity index (χ1n) is 17.1. The standard InChI is InChI=1S/C40H43N5O3/c1-44-22-4-9-36(44)35-23-30(24-41)34(42-35)19-16-28-12-10-26(11-13-28)5-2-6-27-14-17-29(18-15-27)31-7-3-8-32-33(31)25-45(40(32)48)37-20-21-38(46)43-39(37)47/h3,7-8,10-15,17-19,23-24,36-37,42H,2,4-6,9,16,20-22,25,41H2,1H3,(H,43,46,47)/b30-24-,34-19+. The lowest BCUT2D eigenvalue weighted by atomic mass is 9.95. The molecule has 2 saturated heterocycles. The number of nitrogens with zero attached hydrogens (tertiary/aromatic N) is 2. The van der Waals surface area contributed by atoms with Gasteiger partial charge in [-0.1, -0.05) is 66.7 Å². The molecule has 48 heavy (non-hydrogen) atoms. The van der Waals surface area contributed by atoms with Crippen molar-refractivity contribution in [3.63, 3.8) is 0 Å². The van der Waals surface area contributed by atoms with Crippen molar-refractivity contribution in [2.24, 2.45) is 5.73 Å². The number of hydrogen-bond acceptors (Lipinski definition) is 5. The first kappa shape index (κ1) is 31.6. The Kier molecular flexibility index (Phi) is 9.00. The lowest BCUT2D eigenvalue weighted by Crippen LogP contribution is -2.52. The Bertz CT molecular complexity index is 1960. The van der Waals surface area contributed by atoms with Crippen molar-refractivity contribution in [3.8, 4) is 11.1 Å². The third kappa shape index (κ3) is 6.45.